The number of hydrogen-bond donors (Lipinski definition) is 1. The molecule has 0 bridgehead atoms. The Balaban J connectivity index is 1.77. The lowest BCUT2D eigenvalue weighted by Gasteiger charge is -2.19. The molecule has 1 aliphatic rings. The fourth-order valence-electron chi connectivity index (χ4n) is 2.28. The molecule has 2 rings (SSSR count). The lowest BCUT2D eigenvalue weighted by atomic mass is 10.00. The van der Waals surface area contributed by atoms with Gasteiger partial charge in [-0.1, -0.05) is 12.8 Å². The first-order chi connectivity index (χ1) is 7.25. The third-order valence-corrected chi connectivity index (χ3v) is 3.25. The zero-order valence-corrected chi connectivity index (χ0v) is 9.49. The normalized spacial score (nSPS) is 19.6. The Kier molecular flexibility index (Phi) is 3.36. The summed E-state index contributed by atoms with van der Waals surface area (Å²) in [7, 11) is 0. The number of nitrogens with zero attached hydrogens (tertiary/aromatic N) is 2. The quantitative estimate of drug-likeness (QED) is 0.824. The van der Waals surface area contributed by atoms with Gasteiger partial charge in [0.05, 0.1) is 6.54 Å². The van der Waals surface area contributed by atoms with Gasteiger partial charge in [-0.25, -0.2) is 0 Å². The topological polar surface area (TPSA) is 51.0 Å². The van der Waals surface area contributed by atoms with Crippen LogP contribution in [-0.2, 0) is 6.54 Å². The summed E-state index contributed by atoms with van der Waals surface area (Å²) in [4.78, 5) is 0. The number of hydrogen-bond acceptors (Lipinski definition) is 4. The lowest BCUT2D eigenvalue weighted by molar-refractivity contribution is 0.355. The smallest absolute Gasteiger partial charge is 0.230 e. The van der Waals surface area contributed by atoms with Gasteiger partial charge in [0.1, 0.15) is 0 Å². The highest BCUT2D eigenvalue weighted by Crippen LogP contribution is 2.27. The van der Waals surface area contributed by atoms with E-state index >= 15 is 0 Å². The Morgan fingerprint density at radius 3 is 2.73 bits per heavy atom. The molecule has 1 aliphatic carbocycles. The van der Waals surface area contributed by atoms with Crippen molar-refractivity contribution in [1.29, 1.82) is 0 Å². The summed E-state index contributed by atoms with van der Waals surface area (Å²) in [5.74, 6) is 2.16. The Bertz CT molecular complexity index is 305. The van der Waals surface area contributed by atoms with Crippen LogP contribution in [0.5, 0.6) is 0 Å². The Labute approximate surface area is 90.5 Å². The molecule has 1 fully saturated rings. The summed E-state index contributed by atoms with van der Waals surface area (Å²) in [6.07, 6.45) is 5.49. The first-order valence-electron chi connectivity index (χ1n) is 5.78. The summed E-state index contributed by atoms with van der Waals surface area (Å²) in [5.41, 5.74) is 0. The molecule has 0 saturated heterocycles. The van der Waals surface area contributed by atoms with E-state index in [4.69, 9.17) is 4.42 Å². The minimum Gasteiger partial charge on any atom is -0.424 e. The molecule has 0 spiro atoms. The maximum Gasteiger partial charge on any atom is 0.230 e. The number of aromatic nitrogens is 2. The van der Waals surface area contributed by atoms with Gasteiger partial charge in [0.2, 0.25) is 11.8 Å². The van der Waals surface area contributed by atoms with Crippen molar-refractivity contribution < 1.29 is 4.42 Å². The molecule has 4 nitrogen and oxygen atoms in total. The van der Waals surface area contributed by atoms with Gasteiger partial charge in [0.15, 0.2) is 0 Å². The monoisotopic (exact) mass is 209 g/mol. The van der Waals surface area contributed by atoms with E-state index in [0.29, 0.717) is 24.4 Å². The largest absolute Gasteiger partial charge is 0.424 e. The average molecular weight is 209 g/mol. The molecule has 1 atom stereocenters. The molecular formula is C11H19N3O. The molecule has 1 heterocycles. The van der Waals surface area contributed by atoms with E-state index in [1.807, 2.05) is 6.92 Å². The Hall–Kier alpha value is -0.900. The van der Waals surface area contributed by atoms with E-state index in [1.165, 1.54) is 25.7 Å². The van der Waals surface area contributed by atoms with Crippen molar-refractivity contribution in [3.05, 3.63) is 11.8 Å². The predicted octanol–water partition coefficient (Wildman–Crippen LogP) is 2.05. The van der Waals surface area contributed by atoms with Crippen LogP contribution in [0.15, 0.2) is 4.42 Å². The second-order valence-corrected chi connectivity index (χ2v) is 4.43. The summed E-state index contributed by atoms with van der Waals surface area (Å²) in [6, 6.07) is 0.555. The third-order valence-electron chi connectivity index (χ3n) is 3.25. The fourth-order valence-corrected chi connectivity index (χ4v) is 2.28. The first kappa shape index (κ1) is 10.6. The van der Waals surface area contributed by atoms with E-state index in [-0.39, 0.29) is 0 Å². The number of rotatable bonds is 4. The molecule has 4 heteroatoms. The highest BCUT2D eigenvalue weighted by atomic mass is 16.4. The molecule has 1 aromatic heterocycles. The van der Waals surface area contributed by atoms with Crippen LogP contribution in [0.3, 0.4) is 0 Å². The summed E-state index contributed by atoms with van der Waals surface area (Å²) in [5, 5.41) is 11.2. The third kappa shape index (κ3) is 2.78. The lowest BCUT2D eigenvalue weighted by Crippen LogP contribution is -2.31. The minimum absolute atomic E-state index is 0.555. The number of nitrogens with one attached hydrogen (secondary N) is 1. The Morgan fingerprint density at radius 1 is 1.40 bits per heavy atom. The maximum atomic E-state index is 5.31. The molecule has 1 saturated carbocycles. The van der Waals surface area contributed by atoms with Gasteiger partial charge < -0.3 is 9.73 Å². The maximum absolute atomic E-state index is 5.31. The van der Waals surface area contributed by atoms with E-state index in [2.05, 4.69) is 22.4 Å². The van der Waals surface area contributed by atoms with Crippen LogP contribution < -0.4 is 5.32 Å². The fraction of sp³-hybridized carbons (Fsp3) is 0.818. The van der Waals surface area contributed by atoms with Gasteiger partial charge in [-0.3, -0.25) is 0 Å². The van der Waals surface area contributed by atoms with E-state index in [9.17, 15) is 0 Å². The minimum atomic E-state index is 0.555. The molecule has 15 heavy (non-hydrogen) atoms. The molecular weight excluding hydrogens is 190 g/mol. The van der Waals surface area contributed by atoms with Crippen LogP contribution in [0.2, 0.25) is 0 Å². The Morgan fingerprint density at radius 2 is 2.13 bits per heavy atom. The summed E-state index contributed by atoms with van der Waals surface area (Å²) < 4.78 is 5.31. The summed E-state index contributed by atoms with van der Waals surface area (Å²) >= 11 is 0. The standard InChI is InChI=1S/C11H19N3O/c1-8(10-5-3-4-6-10)12-7-11-14-13-9(2)15-11/h8,10,12H,3-7H2,1-2H3/t8-/m0/s1. The van der Waals surface area contributed by atoms with E-state index < -0.39 is 0 Å². The molecule has 0 aliphatic heterocycles. The van der Waals surface area contributed by atoms with Gasteiger partial charge >= 0.3 is 0 Å². The first-order valence-corrected chi connectivity index (χ1v) is 5.78. The second kappa shape index (κ2) is 4.75. The summed E-state index contributed by atoms with van der Waals surface area (Å²) in [6.45, 7) is 4.76. The van der Waals surface area contributed by atoms with Crippen molar-refractivity contribution in [1.82, 2.24) is 15.5 Å². The van der Waals surface area contributed by atoms with Crippen molar-refractivity contribution in [3.63, 3.8) is 0 Å². The highest BCUT2D eigenvalue weighted by molar-refractivity contribution is 4.82. The average Bonchev–Trinajstić information content (AvgIpc) is 2.84. The molecule has 84 valence electrons. The van der Waals surface area contributed by atoms with Crippen molar-refractivity contribution in [2.75, 3.05) is 0 Å². The van der Waals surface area contributed by atoms with E-state index in [0.717, 1.165) is 5.92 Å². The molecule has 0 aromatic carbocycles. The zero-order chi connectivity index (χ0) is 10.7. The highest BCUT2D eigenvalue weighted by Gasteiger charge is 2.21. The van der Waals surface area contributed by atoms with Crippen molar-refractivity contribution in [2.24, 2.45) is 5.92 Å². The van der Waals surface area contributed by atoms with Crippen LogP contribution in [0.25, 0.3) is 0 Å². The van der Waals surface area contributed by atoms with Gasteiger partial charge in [-0.15, -0.1) is 10.2 Å². The SMILES string of the molecule is Cc1nnc(CN[C@@H](C)C2CCCC2)o1. The van der Waals surface area contributed by atoms with Crippen LogP contribution in [0, 0.1) is 12.8 Å². The molecule has 1 N–H and O–H groups in total. The van der Waals surface area contributed by atoms with Crippen LogP contribution in [0.4, 0.5) is 0 Å². The van der Waals surface area contributed by atoms with Gasteiger partial charge in [-0.05, 0) is 25.7 Å². The van der Waals surface area contributed by atoms with Gasteiger partial charge in [-0.2, -0.15) is 0 Å². The van der Waals surface area contributed by atoms with Gasteiger partial charge in [0, 0.05) is 13.0 Å². The van der Waals surface area contributed by atoms with Crippen LogP contribution >= 0.6 is 0 Å². The van der Waals surface area contributed by atoms with Crippen molar-refractivity contribution >= 4 is 0 Å². The van der Waals surface area contributed by atoms with Gasteiger partial charge in [0.25, 0.3) is 0 Å². The molecule has 0 unspecified atom stereocenters. The molecule has 1 aromatic rings. The van der Waals surface area contributed by atoms with E-state index in [1.54, 1.807) is 0 Å². The molecule has 0 radical (unpaired) electrons. The zero-order valence-electron chi connectivity index (χ0n) is 9.49. The molecule has 0 amide bonds. The van der Waals surface area contributed by atoms with Crippen molar-refractivity contribution in [3.8, 4) is 0 Å². The van der Waals surface area contributed by atoms with Crippen LogP contribution in [-0.4, -0.2) is 16.2 Å². The van der Waals surface area contributed by atoms with Crippen LogP contribution in [0.1, 0.15) is 44.4 Å². The van der Waals surface area contributed by atoms with Crippen molar-refractivity contribution in [2.45, 2.75) is 52.1 Å². The number of aryl methyl sites for hydroxylation is 1. The second-order valence-electron chi connectivity index (χ2n) is 4.43. The predicted molar refractivity (Wildman–Crippen MR) is 57.3 cm³/mol.